The molecule has 0 amide bonds. The number of allylic oxidation sites excluding steroid dienone is 12. The molecule has 2 atom stereocenters. The molecule has 0 saturated heterocycles. The van der Waals surface area contributed by atoms with Crippen LogP contribution in [0.4, 0.5) is 0 Å². The van der Waals surface area contributed by atoms with E-state index in [1.807, 2.05) is 0 Å². The first-order chi connectivity index (χ1) is 39.8. The molecule has 0 fully saturated rings. The molecule has 3 N–H and O–H groups in total. The zero-order valence-corrected chi connectivity index (χ0v) is 53.9. The average Bonchev–Trinajstić information content (AvgIpc) is 3.46. The number of hydrogen-bond acceptors (Lipinski definition) is 8. The van der Waals surface area contributed by atoms with Crippen molar-refractivity contribution in [1.82, 2.24) is 0 Å². The van der Waals surface area contributed by atoms with Crippen molar-refractivity contribution in [2.24, 2.45) is 5.73 Å². The summed E-state index contributed by atoms with van der Waals surface area (Å²) in [6.07, 6.45) is 87.1. The number of rotatable bonds is 65. The first kappa shape index (κ1) is 78.5. The maximum atomic E-state index is 12.8. The Hall–Kier alpha value is -2.55. The third-order valence-electron chi connectivity index (χ3n) is 15.1. The molecular weight excluding hydrogens is 1030 g/mol. The molecule has 2 unspecified atom stereocenters. The molecule has 0 aliphatic heterocycles. The van der Waals surface area contributed by atoms with Crippen molar-refractivity contribution in [1.29, 1.82) is 0 Å². The van der Waals surface area contributed by atoms with Crippen molar-refractivity contribution in [3.05, 3.63) is 72.9 Å². The fraction of sp³-hybridized carbons (Fsp3) is 0.803. The molecule has 472 valence electrons. The second kappa shape index (κ2) is 66.6. The second-order valence-electron chi connectivity index (χ2n) is 23.0. The van der Waals surface area contributed by atoms with E-state index in [0.29, 0.717) is 6.42 Å². The number of phosphoric acid groups is 1. The van der Waals surface area contributed by atoms with E-state index in [-0.39, 0.29) is 38.6 Å². The second-order valence-corrected chi connectivity index (χ2v) is 24.5. The van der Waals surface area contributed by atoms with Crippen LogP contribution in [0.25, 0.3) is 0 Å². The molecule has 0 aliphatic carbocycles. The molecule has 0 spiro atoms. The number of phosphoric ester groups is 1. The van der Waals surface area contributed by atoms with E-state index in [0.717, 1.165) is 64.2 Å². The first-order valence-electron chi connectivity index (χ1n) is 34.4. The van der Waals surface area contributed by atoms with Crippen LogP contribution >= 0.6 is 7.82 Å². The lowest BCUT2D eigenvalue weighted by molar-refractivity contribution is -0.161. The van der Waals surface area contributed by atoms with Crippen molar-refractivity contribution in [3.8, 4) is 0 Å². The van der Waals surface area contributed by atoms with Gasteiger partial charge in [-0.2, -0.15) is 0 Å². The molecule has 0 saturated carbocycles. The molecule has 0 aromatic heterocycles. The van der Waals surface area contributed by atoms with E-state index in [1.165, 1.54) is 238 Å². The van der Waals surface area contributed by atoms with Crippen LogP contribution < -0.4 is 5.73 Å². The van der Waals surface area contributed by atoms with Gasteiger partial charge < -0.3 is 20.1 Å². The van der Waals surface area contributed by atoms with E-state index in [9.17, 15) is 19.0 Å². The Bertz CT molecular complexity index is 1560. The minimum Gasteiger partial charge on any atom is -0.462 e. The van der Waals surface area contributed by atoms with Crippen molar-refractivity contribution >= 4 is 19.8 Å². The summed E-state index contributed by atoms with van der Waals surface area (Å²) < 4.78 is 33.1. The Morgan fingerprint density at radius 2 is 0.679 bits per heavy atom. The number of nitrogens with two attached hydrogens (primary N) is 1. The predicted octanol–water partition coefficient (Wildman–Crippen LogP) is 22.4. The minimum absolute atomic E-state index is 0.0538. The van der Waals surface area contributed by atoms with Gasteiger partial charge in [0.05, 0.1) is 13.2 Å². The molecule has 0 rings (SSSR count). The van der Waals surface area contributed by atoms with Gasteiger partial charge in [-0.25, -0.2) is 4.57 Å². The maximum absolute atomic E-state index is 12.8. The topological polar surface area (TPSA) is 134 Å². The van der Waals surface area contributed by atoms with Gasteiger partial charge in [-0.3, -0.25) is 18.6 Å². The summed E-state index contributed by atoms with van der Waals surface area (Å²) in [5.74, 6) is -0.814. The molecule has 0 heterocycles. The van der Waals surface area contributed by atoms with Gasteiger partial charge in [0.2, 0.25) is 0 Å². The number of carbonyl (C=O) groups excluding carboxylic acids is 2. The van der Waals surface area contributed by atoms with Gasteiger partial charge in [0, 0.05) is 19.4 Å². The summed E-state index contributed by atoms with van der Waals surface area (Å²) in [4.78, 5) is 35.3. The van der Waals surface area contributed by atoms with Crippen molar-refractivity contribution in [2.75, 3.05) is 26.4 Å². The zero-order valence-electron chi connectivity index (χ0n) is 53.0. The normalized spacial score (nSPS) is 13.4. The van der Waals surface area contributed by atoms with Crippen LogP contribution in [-0.2, 0) is 32.7 Å². The van der Waals surface area contributed by atoms with Crippen LogP contribution in [0.3, 0.4) is 0 Å². The molecule has 10 heteroatoms. The molecule has 0 radical (unpaired) electrons. The van der Waals surface area contributed by atoms with Crippen LogP contribution in [0.1, 0.15) is 335 Å². The van der Waals surface area contributed by atoms with Crippen LogP contribution in [0.2, 0.25) is 0 Å². The van der Waals surface area contributed by atoms with Gasteiger partial charge in [0.25, 0.3) is 0 Å². The highest BCUT2D eigenvalue weighted by Gasteiger charge is 2.26. The van der Waals surface area contributed by atoms with Crippen molar-refractivity contribution in [3.63, 3.8) is 0 Å². The van der Waals surface area contributed by atoms with Crippen LogP contribution in [-0.4, -0.2) is 49.3 Å². The summed E-state index contributed by atoms with van der Waals surface area (Å²) in [5, 5.41) is 0. The third-order valence-corrected chi connectivity index (χ3v) is 16.1. The molecule has 0 aliphatic rings. The van der Waals surface area contributed by atoms with Gasteiger partial charge in [-0.1, -0.05) is 311 Å². The van der Waals surface area contributed by atoms with Crippen molar-refractivity contribution < 1.29 is 37.6 Å². The number of ether oxygens (including phenoxy) is 2. The fourth-order valence-corrected chi connectivity index (χ4v) is 10.8. The van der Waals surface area contributed by atoms with Gasteiger partial charge >= 0.3 is 19.8 Å². The van der Waals surface area contributed by atoms with E-state index < -0.39 is 26.5 Å². The highest BCUT2D eigenvalue weighted by atomic mass is 31.2. The van der Waals surface area contributed by atoms with Gasteiger partial charge in [-0.05, 0) is 83.5 Å². The average molecular weight is 1160 g/mol. The molecular formula is C71H130NO8P. The molecule has 0 aromatic carbocycles. The number of esters is 2. The number of unbranched alkanes of at least 4 members (excludes halogenated alkanes) is 40. The fourth-order valence-electron chi connectivity index (χ4n) is 10.0. The maximum Gasteiger partial charge on any atom is 0.472 e. The zero-order chi connectivity index (χ0) is 58.7. The Morgan fingerprint density at radius 3 is 1.02 bits per heavy atom. The predicted molar refractivity (Wildman–Crippen MR) is 349 cm³/mol. The highest BCUT2D eigenvalue weighted by Crippen LogP contribution is 2.43. The number of hydrogen-bond donors (Lipinski definition) is 2. The lowest BCUT2D eigenvalue weighted by atomic mass is 10.0. The summed E-state index contributed by atoms with van der Waals surface area (Å²) in [6, 6.07) is 0. The van der Waals surface area contributed by atoms with Gasteiger partial charge in [0.1, 0.15) is 6.61 Å². The summed E-state index contributed by atoms with van der Waals surface area (Å²) >= 11 is 0. The van der Waals surface area contributed by atoms with E-state index in [4.69, 9.17) is 24.3 Å². The Morgan fingerprint density at radius 1 is 0.383 bits per heavy atom. The number of carbonyl (C=O) groups is 2. The van der Waals surface area contributed by atoms with E-state index in [1.54, 1.807) is 0 Å². The summed E-state index contributed by atoms with van der Waals surface area (Å²) in [6.45, 7) is 3.68. The molecule has 0 bridgehead atoms. The molecule has 0 aromatic rings. The van der Waals surface area contributed by atoms with E-state index in [2.05, 4.69) is 86.8 Å². The summed E-state index contributed by atoms with van der Waals surface area (Å²) in [7, 11) is -4.39. The standard InChI is InChI=1S/C71H130NO8P/c1-3-5-7-9-11-13-15-17-19-21-23-25-26-27-28-29-30-31-32-33-34-35-36-37-38-39-40-41-42-44-46-48-50-52-54-56-58-60-62-64-71(74)80-69(68-79-81(75,76)78-66-65-72)67-77-70(73)63-61-59-57-55-53-51-49-47-45-43-24-22-20-18-16-14-12-10-8-6-4-2/h5,7,11,13,17,19,22-25,27-28,69H,3-4,6,8-10,12,14-16,18,20-21,26,29-68,72H2,1-2H3,(H,75,76)/b7-5-,13-11-,19-17-,24-22-,25-23-,28-27-. The monoisotopic (exact) mass is 1160 g/mol. The Balaban J connectivity index is 3.80. The largest absolute Gasteiger partial charge is 0.472 e. The minimum atomic E-state index is -4.39. The van der Waals surface area contributed by atoms with Gasteiger partial charge in [0.15, 0.2) is 6.10 Å². The first-order valence-corrected chi connectivity index (χ1v) is 35.9. The van der Waals surface area contributed by atoms with Crippen LogP contribution in [0, 0.1) is 0 Å². The Labute approximate surface area is 501 Å². The van der Waals surface area contributed by atoms with Crippen molar-refractivity contribution in [2.45, 2.75) is 341 Å². The van der Waals surface area contributed by atoms with Crippen LogP contribution in [0.5, 0.6) is 0 Å². The van der Waals surface area contributed by atoms with Gasteiger partial charge in [-0.15, -0.1) is 0 Å². The quantitative estimate of drug-likeness (QED) is 0.0264. The Kier molecular flexibility index (Phi) is 64.5. The lowest BCUT2D eigenvalue weighted by Crippen LogP contribution is -2.29. The SMILES string of the molecule is CC/C=C\C/C=C\C/C=C\C/C=C\C/C=C\CCCCCCCCCCCCCCCCCCCCCCCCCC(=O)OC(COC(=O)CCCCCCCCCCC/C=C\CCCCCCCCCC)COP(=O)(O)OCCN. The third kappa shape index (κ3) is 66.5. The summed E-state index contributed by atoms with van der Waals surface area (Å²) in [5.41, 5.74) is 5.40. The highest BCUT2D eigenvalue weighted by molar-refractivity contribution is 7.47. The van der Waals surface area contributed by atoms with E-state index >= 15 is 0 Å². The lowest BCUT2D eigenvalue weighted by Gasteiger charge is -2.19. The smallest absolute Gasteiger partial charge is 0.462 e. The molecule has 81 heavy (non-hydrogen) atoms. The van der Waals surface area contributed by atoms with Crippen LogP contribution in [0.15, 0.2) is 72.9 Å². The molecule has 9 nitrogen and oxygen atoms in total.